The van der Waals surface area contributed by atoms with E-state index in [0.29, 0.717) is 17.4 Å². The highest BCUT2D eigenvalue weighted by molar-refractivity contribution is 7.14. The first kappa shape index (κ1) is 14.9. The molecule has 0 bridgehead atoms. The number of carbonyl (C=O) groups excluding carboxylic acids is 2. The number of carbonyl (C=O) groups is 2. The molecular formula is C13H19N3O3S. The molecule has 1 aliphatic rings. The van der Waals surface area contributed by atoms with Gasteiger partial charge in [-0.1, -0.05) is 12.8 Å². The second-order valence-electron chi connectivity index (χ2n) is 5.31. The Kier molecular flexibility index (Phi) is 4.39. The Balaban J connectivity index is 1.99. The van der Waals surface area contributed by atoms with Crippen molar-refractivity contribution < 1.29 is 14.7 Å². The van der Waals surface area contributed by atoms with E-state index in [0.717, 1.165) is 25.7 Å². The molecule has 1 aromatic heterocycles. The highest BCUT2D eigenvalue weighted by atomic mass is 32.1. The van der Waals surface area contributed by atoms with Crippen molar-refractivity contribution >= 4 is 28.3 Å². The number of likely N-dealkylation sites (N-methyl/N-ethyl adjacent to an activating group) is 1. The van der Waals surface area contributed by atoms with E-state index in [2.05, 4.69) is 10.3 Å². The van der Waals surface area contributed by atoms with Gasteiger partial charge in [-0.05, 0) is 12.8 Å². The topological polar surface area (TPSA) is 82.5 Å². The molecule has 0 saturated heterocycles. The van der Waals surface area contributed by atoms with Crippen LogP contribution in [-0.2, 0) is 4.79 Å². The van der Waals surface area contributed by atoms with Crippen molar-refractivity contribution in [2.24, 2.45) is 0 Å². The van der Waals surface area contributed by atoms with Crippen LogP contribution in [-0.4, -0.2) is 46.0 Å². The lowest BCUT2D eigenvalue weighted by Gasteiger charge is -2.28. The minimum atomic E-state index is -0.763. The molecule has 20 heavy (non-hydrogen) atoms. The summed E-state index contributed by atoms with van der Waals surface area (Å²) < 4.78 is 0. The molecule has 1 fully saturated rings. The second-order valence-corrected chi connectivity index (χ2v) is 6.17. The Morgan fingerprint density at radius 1 is 1.50 bits per heavy atom. The van der Waals surface area contributed by atoms with Crippen molar-refractivity contribution in [3.63, 3.8) is 0 Å². The summed E-state index contributed by atoms with van der Waals surface area (Å²) in [5, 5.41) is 14.9. The van der Waals surface area contributed by atoms with Crippen molar-refractivity contribution in [2.75, 3.05) is 18.9 Å². The molecule has 0 unspecified atom stereocenters. The number of nitrogens with zero attached hydrogens (tertiary/aromatic N) is 2. The third kappa shape index (κ3) is 3.55. The van der Waals surface area contributed by atoms with Gasteiger partial charge < -0.3 is 15.3 Å². The molecule has 6 nitrogen and oxygen atoms in total. The molecule has 0 spiro atoms. The summed E-state index contributed by atoms with van der Waals surface area (Å²) in [7, 11) is 1.66. The van der Waals surface area contributed by atoms with E-state index in [1.807, 2.05) is 0 Å². The molecule has 1 saturated carbocycles. The van der Waals surface area contributed by atoms with Crippen LogP contribution in [0, 0.1) is 0 Å². The Labute approximate surface area is 121 Å². The van der Waals surface area contributed by atoms with Gasteiger partial charge in [0.25, 0.3) is 5.91 Å². The minimum absolute atomic E-state index is 0.216. The van der Waals surface area contributed by atoms with E-state index in [1.165, 1.54) is 23.2 Å². The highest BCUT2D eigenvalue weighted by Crippen LogP contribution is 2.30. The molecular weight excluding hydrogens is 278 g/mol. The normalized spacial score (nSPS) is 16.9. The third-order valence-electron chi connectivity index (χ3n) is 3.42. The highest BCUT2D eigenvalue weighted by Gasteiger charge is 2.33. The molecule has 0 aliphatic heterocycles. The van der Waals surface area contributed by atoms with Gasteiger partial charge in [0.15, 0.2) is 5.13 Å². The smallest absolute Gasteiger partial charge is 0.273 e. The van der Waals surface area contributed by atoms with Gasteiger partial charge in [-0.25, -0.2) is 4.98 Å². The molecule has 1 aromatic rings. The number of hydrogen-bond donors (Lipinski definition) is 2. The standard InChI is InChI=1S/C13H19N3O3S/c1-9(17)14-12-15-10(7-20-12)11(18)16(2)8-13(19)5-3-4-6-13/h7,19H,3-6,8H2,1-2H3,(H,14,15,17). The zero-order valence-corrected chi connectivity index (χ0v) is 12.5. The largest absolute Gasteiger partial charge is 0.388 e. The van der Waals surface area contributed by atoms with Crippen molar-refractivity contribution in [1.29, 1.82) is 0 Å². The Morgan fingerprint density at radius 3 is 2.75 bits per heavy atom. The number of rotatable bonds is 4. The fourth-order valence-electron chi connectivity index (χ4n) is 2.48. The van der Waals surface area contributed by atoms with Gasteiger partial charge in [-0.15, -0.1) is 11.3 Å². The fourth-order valence-corrected chi connectivity index (χ4v) is 3.21. The van der Waals surface area contributed by atoms with Gasteiger partial charge in [0, 0.05) is 25.9 Å². The number of amides is 2. The number of nitrogens with one attached hydrogen (secondary N) is 1. The Morgan fingerprint density at radius 2 is 2.15 bits per heavy atom. The summed E-state index contributed by atoms with van der Waals surface area (Å²) in [4.78, 5) is 28.7. The quantitative estimate of drug-likeness (QED) is 0.882. The average molecular weight is 297 g/mol. The van der Waals surface area contributed by atoms with E-state index < -0.39 is 5.60 Å². The van der Waals surface area contributed by atoms with Crippen LogP contribution in [0.4, 0.5) is 5.13 Å². The lowest BCUT2D eigenvalue weighted by Crippen LogP contribution is -2.42. The van der Waals surface area contributed by atoms with Gasteiger partial charge >= 0.3 is 0 Å². The Bertz CT molecular complexity index is 509. The number of aromatic nitrogens is 1. The number of anilines is 1. The van der Waals surface area contributed by atoms with Gasteiger partial charge in [0.2, 0.25) is 5.91 Å². The molecule has 2 amide bonds. The van der Waals surface area contributed by atoms with Crippen LogP contribution in [0.5, 0.6) is 0 Å². The molecule has 1 heterocycles. The first-order chi connectivity index (χ1) is 9.39. The van der Waals surface area contributed by atoms with Gasteiger partial charge in [-0.3, -0.25) is 9.59 Å². The zero-order chi connectivity index (χ0) is 14.8. The first-order valence-electron chi connectivity index (χ1n) is 6.61. The number of aliphatic hydroxyl groups is 1. The second kappa shape index (κ2) is 5.88. The maximum atomic E-state index is 12.2. The van der Waals surface area contributed by atoms with Crippen LogP contribution in [0.25, 0.3) is 0 Å². The monoisotopic (exact) mass is 297 g/mol. The van der Waals surface area contributed by atoms with Crippen LogP contribution < -0.4 is 5.32 Å². The molecule has 7 heteroatoms. The molecule has 110 valence electrons. The van der Waals surface area contributed by atoms with Crippen LogP contribution in [0.3, 0.4) is 0 Å². The van der Waals surface area contributed by atoms with Gasteiger partial charge in [0.1, 0.15) is 5.69 Å². The zero-order valence-electron chi connectivity index (χ0n) is 11.7. The molecule has 2 rings (SSSR count). The maximum absolute atomic E-state index is 12.2. The number of thiazole rings is 1. The lowest BCUT2D eigenvalue weighted by atomic mass is 10.0. The van der Waals surface area contributed by atoms with Crippen LogP contribution >= 0.6 is 11.3 Å². The van der Waals surface area contributed by atoms with Crippen molar-refractivity contribution in [3.8, 4) is 0 Å². The summed E-state index contributed by atoms with van der Waals surface area (Å²) in [6, 6.07) is 0. The van der Waals surface area contributed by atoms with Crippen molar-refractivity contribution in [1.82, 2.24) is 9.88 Å². The lowest BCUT2D eigenvalue weighted by molar-refractivity contribution is -0.114. The SMILES string of the molecule is CC(=O)Nc1nc(C(=O)N(C)CC2(O)CCCC2)cs1. The maximum Gasteiger partial charge on any atom is 0.273 e. The van der Waals surface area contributed by atoms with Crippen molar-refractivity contribution in [2.45, 2.75) is 38.2 Å². The predicted molar refractivity (Wildman–Crippen MR) is 76.8 cm³/mol. The summed E-state index contributed by atoms with van der Waals surface area (Å²) in [6.45, 7) is 1.71. The van der Waals surface area contributed by atoms with E-state index in [4.69, 9.17) is 0 Å². The Hall–Kier alpha value is -1.47. The fraction of sp³-hybridized carbons (Fsp3) is 0.615. The van der Waals surface area contributed by atoms with Crippen LogP contribution in [0.15, 0.2) is 5.38 Å². The summed E-state index contributed by atoms with van der Waals surface area (Å²) in [6.07, 6.45) is 3.47. The summed E-state index contributed by atoms with van der Waals surface area (Å²) >= 11 is 1.21. The molecule has 0 atom stereocenters. The van der Waals surface area contributed by atoms with Crippen LogP contribution in [0.2, 0.25) is 0 Å². The van der Waals surface area contributed by atoms with Gasteiger partial charge in [0.05, 0.1) is 5.60 Å². The summed E-state index contributed by atoms with van der Waals surface area (Å²) in [5.74, 6) is -0.454. The van der Waals surface area contributed by atoms with E-state index in [9.17, 15) is 14.7 Å². The minimum Gasteiger partial charge on any atom is -0.388 e. The molecule has 1 aliphatic carbocycles. The molecule has 2 N–H and O–H groups in total. The average Bonchev–Trinajstić information content (AvgIpc) is 2.97. The molecule has 0 radical (unpaired) electrons. The van der Waals surface area contributed by atoms with E-state index in [-0.39, 0.29) is 11.8 Å². The van der Waals surface area contributed by atoms with E-state index >= 15 is 0 Å². The van der Waals surface area contributed by atoms with Crippen molar-refractivity contribution in [3.05, 3.63) is 11.1 Å². The van der Waals surface area contributed by atoms with Crippen LogP contribution in [0.1, 0.15) is 43.1 Å². The van der Waals surface area contributed by atoms with E-state index in [1.54, 1.807) is 12.4 Å². The number of hydrogen-bond acceptors (Lipinski definition) is 5. The third-order valence-corrected chi connectivity index (χ3v) is 4.18. The predicted octanol–water partition coefficient (Wildman–Crippen LogP) is 1.48. The summed E-state index contributed by atoms with van der Waals surface area (Å²) in [5.41, 5.74) is -0.469. The van der Waals surface area contributed by atoms with Gasteiger partial charge in [-0.2, -0.15) is 0 Å². The first-order valence-corrected chi connectivity index (χ1v) is 7.48. The molecule has 0 aromatic carbocycles.